The summed E-state index contributed by atoms with van der Waals surface area (Å²) in [6.07, 6.45) is 2.76. The molecule has 5 nitrogen and oxygen atoms in total. The van der Waals surface area contributed by atoms with Gasteiger partial charge in [0, 0.05) is 6.04 Å². The van der Waals surface area contributed by atoms with E-state index in [-0.39, 0.29) is 23.7 Å². The molecule has 2 fully saturated rings. The molecule has 1 amide bonds. The van der Waals surface area contributed by atoms with E-state index in [1.165, 1.54) is 0 Å². The molecule has 2 rings (SSSR count). The van der Waals surface area contributed by atoms with Crippen LogP contribution in [-0.4, -0.2) is 42.0 Å². The van der Waals surface area contributed by atoms with Gasteiger partial charge in [0.05, 0.1) is 6.10 Å². The second kappa shape index (κ2) is 5.29. The summed E-state index contributed by atoms with van der Waals surface area (Å²) in [6, 6.07) is 0.0273. The molecular formula is C14H26N2O3. The van der Waals surface area contributed by atoms with Crippen molar-refractivity contribution in [2.45, 2.75) is 64.2 Å². The number of alkyl carbamates (subject to hydrolysis) is 1. The Bertz CT molecular complexity index is 332. The minimum atomic E-state index is -0.484. The number of aliphatic hydroxyl groups is 1. The minimum Gasteiger partial charge on any atom is -0.444 e. The van der Waals surface area contributed by atoms with Crippen LogP contribution in [-0.2, 0) is 4.74 Å². The second-order valence-electron chi connectivity index (χ2n) is 6.90. The van der Waals surface area contributed by atoms with E-state index >= 15 is 0 Å². The number of carbonyl (C=O) groups is 1. The molecule has 0 radical (unpaired) electrons. The Morgan fingerprint density at radius 3 is 2.58 bits per heavy atom. The van der Waals surface area contributed by atoms with E-state index in [9.17, 15) is 9.90 Å². The highest BCUT2D eigenvalue weighted by Gasteiger charge is 2.48. The summed E-state index contributed by atoms with van der Waals surface area (Å²) in [4.78, 5) is 11.9. The lowest BCUT2D eigenvalue weighted by atomic mass is 9.74. The van der Waals surface area contributed by atoms with Gasteiger partial charge in [-0.15, -0.1) is 0 Å². The third-order valence-corrected chi connectivity index (χ3v) is 4.18. The van der Waals surface area contributed by atoms with Gasteiger partial charge in [0.15, 0.2) is 0 Å². The third kappa shape index (κ3) is 3.60. The van der Waals surface area contributed by atoms with Crippen LogP contribution >= 0.6 is 0 Å². The zero-order valence-corrected chi connectivity index (χ0v) is 12.2. The fourth-order valence-corrected chi connectivity index (χ4v) is 3.36. The first-order valence-corrected chi connectivity index (χ1v) is 7.19. The molecule has 1 aliphatic heterocycles. The topological polar surface area (TPSA) is 70.6 Å². The Morgan fingerprint density at radius 1 is 1.37 bits per heavy atom. The summed E-state index contributed by atoms with van der Waals surface area (Å²) in [5.41, 5.74) is -0.440. The minimum absolute atomic E-state index is 0.0273. The summed E-state index contributed by atoms with van der Waals surface area (Å²) in [6.45, 7) is 7.49. The van der Waals surface area contributed by atoms with E-state index in [1.807, 2.05) is 20.8 Å². The summed E-state index contributed by atoms with van der Waals surface area (Å²) < 4.78 is 5.32. The number of nitrogens with one attached hydrogen (secondary N) is 2. The lowest BCUT2D eigenvalue weighted by molar-refractivity contribution is 0.0436. The van der Waals surface area contributed by atoms with Crippen LogP contribution in [0.1, 0.15) is 46.5 Å². The lowest BCUT2D eigenvalue weighted by Crippen LogP contribution is -2.50. The van der Waals surface area contributed by atoms with Gasteiger partial charge in [0.1, 0.15) is 5.60 Å². The number of aliphatic hydroxyl groups excluding tert-OH is 1. The zero-order valence-electron chi connectivity index (χ0n) is 12.2. The van der Waals surface area contributed by atoms with Gasteiger partial charge >= 0.3 is 6.09 Å². The van der Waals surface area contributed by atoms with Crippen LogP contribution in [0.5, 0.6) is 0 Å². The highest BCUT2D eigenvalue weighted by atomic mass is 16.6. The summed E-state index contributed by atoms with van der Waals surface area (Å²) in [5.74, 6) is 0. The maximum absolute atomic E-state index is 11.9. The summed E-state index contributed by atoms with van der Waals surface area (Å²) in [7, 11) is 0. The fraction of sp³-hybridized carbons (Fsp3) is 0.929. The Balaban J connectivity index is 1.99. The monoisotopic (exact) mass is 270 g/mol. The molecule has 1 spiro atoms. The fourth-order valence-electron chi connectivity index (χ4n) is 3.36. The van der Waals surface area contributed by atoms with Crippen molar-refractivity contribution in [1.82, 2.24) is 10.6 Å². The van der Waals surface area contributed by atoms with E-state index in [0.717, 1.165) is 32.4 Å². The highest BCUT2D eigenvalue weighted by Crippen LogP contribution is 2.45. The first-order chi connectivity index (χ1) is 8.81. The molecule has 0 aromatic rings. The third-order valence-electron chi connectivity index (χ3n) is 4.18. The number of hydrogen-bond donors (Lipinski definition) is 3. The van der Waals surface area contributed by atoms with Gasteiger partial charge in [-0.05, 0) is 65.0 Å². The second-order valence-corrected chi connectivity index (χ2v) is 6.90. The SMILES string of the molecule is CC(C)(C)OC(=O)N[C@@H]1C[C@H](O)CC12CCNCC2. The summed E-state index contributed by atoms with van der Waals surface area (Å²) >= 11 is 0. The predicted molar refractivity (Wildman–Crippen MR) is 72.9 cm³/mol. The molecule has 2 atom stereocenters. The molecule has 0 aromatic carbocycles. The zero-order chi connectivity index (χ0) is 14.1. The van der Waals surface area contributed by atoms with Gasteiger partial charge in [-0.3, -0.25) is 0 Å². The van der Waals surface area contributed by atoms with Gasteiger partial charge < -0.3 is 20.5 Å². The Kier molecular flexibility index (Phi) is 4.06. The van der Waals surface area contributed by atoms with Crippen molar-refractivity contribution in [3.63, 3.8) is 0 Å². The standard InChI is InChI=1S/C14H26N2O3/c1-13(2,3)19-12(18)16-11-8-10(17)9-14(11)4-6-15-7-5-14/h10-11,15,17H,4-9H2,1-3H3,(H,16,18)/t10-,11+/m0/s1. The molecule has 1 saturated carbocycles. The Labute approximate surface area is 115 Å². The van der Waals surface area contributed by atoms with Crippen molar-refractivity contribution in [2.75, 3.05) is 13.1 Å². The van der Waals surface area contributed by atoms with Crippen LogP contribution in [0.2, 0.25) is 0 Å². The Morgan fingerprint density at radius 2 is 2.00 bits per heavy atom. The number of ether oxygens (including phenoxy) is 1. The number of piperidine rings is 1. The van der Waals surface area contributed by atoms with Crippen LogP contribution in [0.15, 0.2) is 0 Å². The quantitative estimate of drug-likeness (QED) is 0.673. The van der Waals surface area contributed by atoms with Crippen LogP contribution in [0.4, 0.5) is 4.79 Å². The van der Waals surface area contributed by atoms with Crippen molar-refractivity contribution < 1.29 is 14.6 Å². The lowest BCUT2D eigenvalue weighted by Gasteiger charge is -2.39. The molecule has 110 valence electrons. The largest absolute Gasteiger partial charge is 0.444 e. The molecule has 0 unspecified atom stereocenters. The molecule has 3 N–H and O–H groups in total. The first-order valence-electron chi connectivity index (χ1n) is 7.19. The van der Waals surface area contributed by atoms with Gasteiger partial charge in [0.25, 0.3) is 0 Å². The highest BCUT2D eigenvalue weighted by molar-refractivity contribution is 5.68. The van der Waals surface area contributed by atoms with Crippen molar-refractivity contribution in [3.8, 4) is 0 Å². The molecule has 0 bridgehead atoms. The Hall–Kier alpha value is -0.810. The van der Waals surface area contributed by atoms with Crippen molar-refractivity contribution >= 4 is 6.09 Å². The van der Waals surface area contributed by atoms with Crippen LogP contribution in [0.25, 0.3) is 0 Å². The normalized spacial score (nSPS) is 30.3. The molecule has 0 aromatic heterocycles. The van der Waals surface area contributed by atoms with E-state index in [0.29, 0.717) is 6.42 Å². The summed E-state index contributed by atoms with van der Waals surface area (Å²) in [5, 5.41) is 16.3. The first kappa shape index (κ1) is 14.6. The molecule has 19 heavy (non-hydrogen) atoms. The molecule has 5 heteroatoms. The van der Waals surface area contributed by atoms with Crippen LogP contribution in [0.3, 0.4) is 0 Å². The molecule has 2 aliphatic rings. The van der Waals surface area contributed by atoms with Crippen molar-refractivity contribution in [1.29, 1.82) is 0 Å². The van der Waals surface area contributed by atoms with Gasteiger partial charge in [-0.2, -0.15) is 0 Å². The van der Waals surface area contributed by atoms with E-state index < -0.39 is 5.60 Å². The number of carbonyl (C=O) groups excluding carboxylic acids is 1. The van der Waals surface area contributed by atoms with E-state index in [1.54, 1.807) is 0 Å². The smallest absolute Gasteiger partial charge is 0.407 e. The van der Waals surface area contributed by atoms with E-state index in [4.69, 9.17) is 4.74 Å². The average molecular weight is 270 g/mol. The average Bonchev–Trinajstić information content (AvgIpc) is 2.53. The van der Waals surface area contributed by atoms with Crippen molar-refractivity contribution in [3.05, 3.63) is 0 Å². The molecular weight excluding hydrogens is 244 g/mol. The number of amides is 1. The maximum Gasteiger partial charge on any atom is 0.407 e. The number of rotatable bonds is 1. The van der Waals surface area contributed by atoms with Gasteiger partial charge in [-0.1, -0.05) is 0 Å². The number of hydrogen-bond acceptors (Lipinski definition) is 4. The van der Waals surface area contributed by atoms with Gasteiger partial charge in [0.2, 0.25) is 0 Å². The van der Waals surface area contributed by atoms with Crippen LogP contribution < -0.4 is 10.6 Å². The van der Waals surface area contributed by atoms with Crippen molar-refractivity contribution in [2.24, 2.45) is 5.41 Å². The van der Waals surface area contributed by atoms with Gasteiger partial charge in [-0.25, -0.2) is 4.79 Å². The maximum atomic E-state index is 11.9. The molecule has 1 heterocycles. The molecule has 1 saturated heterocycles. The van der Waals surface area contributed by atoms with Crippen LogP contribution in [0, 0.1) is 5.41 Å². The van der Waals surface area contributed by atoms with E-state index in [2.05, 4.69) is 10.6 Å². The predicted octanol–water partition coefficient (Wildman–Crippen LogP) is 1.40. The molecule has 1 aliphatic carbocycles.